The first-order valence-corrected chi connectivity index (χ1v) is 7.83. The molecular formula is C18H23N3. The van der Waals surface area contributed by atoms with E-state index in [2.05, 4.69) is 52.5 Å². The molecule has 3 rings (SSSR count). The fourth-order valence-electron chi connectivity index (χ4n) is 2.89. The molecule has 0 unspecified atom stereocenters. The molecule has 3 nitrogen and oxygen atoms in total. The zero-order valence-electron chi connectivity index (χ0n) is 12.7. The number of aromatic nitrogens is 1. The van der Waals surface area contributed by atoms with Gasteiger partial charge in [0, 0.05) is 31.5 Å². The zero-order valence-corrected chi connectivity index (χ0v) is 12.7. The third kappa shape index (κ3) is 3.61. The average Bonchev–Trinajstić information content (AvgIpc) is 2.55. The summed E-state index contributed by atoms with van der Waals surface area (Å²) in [6, 6.07) is 13.0. The summed E-state index contributed by atoms with van der Waals surface area (Å²) in [4.78, 5) is 6.86. The van der Waals surface area contributed by atoms with E-state index in [0.29, 0.717) is 0 Å². The predicted octanol–water partition coefficient (Wildman–Crippen LogP) is 3.46. The van der Waals surface area contributed by atoms with Crippen molar-refractivity contribution in [1.29, 1.82) is 0 Å². The fourth-order valence-corrected chi connectivity index (χ4v) is 2.89. The van der Waals surface area contributed by atoms with Gasteiger partial charge in [-0.05, 0) is 48.7 Å². The molecule has 0 saturated carbocycles. The highest BCUT2D eigenvalue weighted by Gasteiger charge is 2.11. The van der Waals surface area contributed by atoms with E-state index in [-0.39, 0.29) is 0 Å². The molecule has 1 aromatic heterocycles. The molecule has 0 amide bonds. The van der Waals surface area contributed by atoms with E-state index in [1.165, 1.54) is 29.7 Å². The highest BCUT2D eigenvalue weighted by atomic mass is 15.1. The minimum Gasteiger partial charge on any atom is -0.385 e. The quantitative estimate of drug-likeness (QED) is 0.909. The van der Waals surface area contributed by atoms with Crippen LogP contribution < -0.4 is 5.32 Å². The molecule has 2 heterocycles. The summed E-state index contributed by atoms with van der Waals surface area (Å²) in [5, 5.41) is 3.47. The molecule has 1 N–H and O–H groups in total. The number of rotatable bonds is 5. The van der Waals surface area contributed by atoms with E-state index in [0.717, 1.165) is 31.9 Å². The van der Waals surface area contributed by atoms with Crippen molar-refractivity contribution in [3.63, 3.8) is 0 Å². The Bertz CT molecular complexity index is 580. The second-order valence-electron chi connectivity index (χ2n) is 5.65. The number of hydrogen-bond donors (Lipinski definition) is 1. The van der Waals surface area contributed by atoms with Gasteiger partial charge < -0.3 is 5.32 Å². The van der Waals surface area contributed by atoms with Crippen molar-refractivity contribution >= 4 is 5.69 Å². The number of nitrogens with one attached hydrogen (secondary N) is 1. The highest BCUT2D eigenvalue weighted by molar-refractivity contribution is 5.54. The maximum atomic E-state index is 4.43. The first kappa shape index (κ1) is 14.1. The topological polar surface area (TPSA) is 28.2 Å². The lowest BCUT2D eigenvalue weighted by molar-refractivity contribution is 0.268. The van der Waals surface area contributed by atoms with E-state index < -0.39 is 0 Å². The second kappa shape index (κ2) is 6.72. The minimum atomic E-state index is 0.909. The smallest absolute Gasteiger partial charge is 0.0544 e. The lowest BCUT2D eigenvalue weighted by Gasteiger charge is -2.22. The van der Waals surface area contributed by atoms with E-state index >= 15 is 0 Å². The van der Waals surface area contributed by atoms with Gasteiger partial charge in [0.1, 0.15) is 0 Å². The predicted molar refractivity (Wildman–Crippen MR) is 87.3 cm³/mol. The number of fused-ring (bicyclic) bond motifs is 1. The second-order valence-corrected chi connectivity index (χ2v) is 5.65. The third-order valence-electron chi connectivity index (χ3n) is 4.07. The van der Waals surface area contributed by atoms with Gasteiger partial charge in [0.2, 0.25) is 0 Å². The lowest BCUT2D eigenvalue weighted by Crippen LogP contribution is -2.23. The van der Waals surface area contributed by atoms with Crippen molar-refractivity contribution in [2.45, 2.75) is 32.9 Å². The van der Waals surface area contributed by atoms with Crippen LogP contribution in [0.5, 0.6) is 0 Å². The molecule has 1 aromatic carbocycles. The van der Waals surface area contributed by atoms with Gasteiger partial charge in [-0.15, -0.1) is 0 Å². The van der Waals surface area contributed by atoms with E-state index in [4.69, 9.17) is 0 Å². The van der Waals surface area contributed by atoms with E-state index in [1.54, 1.807) is 0 Å². The monoisotopic (exact) mass is 281 g/mol. The van der Waals surface area contributed by atoms with Crippen molar-refractivity contribution in [3.8, 4) is 0 Å². The number of benzene rings is 1. The molecule has 2 aromatic rings. The van der Waals surface area contributed by atoms with Crippen LogP contribution in [0, 0.1) is 0 Å². The summed E-state index contributed by atoms with van der Waals surface area (Å²) in [5.41, 5.74) is 5.32. The number of nitrogens with zero attached hydrogens (tertiary/aromatic N) is 2. The molecule has 1 aliphatic heterocycles. The molecule has 0 aliphatic carbocycles. The zero-order chi connectivity index (χ0) is 14.5. The van der Waals surface area contributed by atoms with Gasteiger partial charge in [-0.3, -0.25) is 9.88 Å². The van der Waals surface area contributed by atoms with Crippen LogP contribution in [0.3, 0.4) is 0 Å². The van der Waals surface area contributed by atoms with Crippen LogP contribution in [0.4, 0.5) is 5.69 Å². The number of pyridine rings is 1. The molecule has 3 heteroatoms. The van der Waals surface area contributed by atoms with Crippen LogP contribution in [0.2, 0.25) is 0 Å². The molecule has 0 bridgehead atoms. The van der Waals surface area contributed by atoms with Crippen LogP contribution in [-0.4, -0.2) is 23.0 Å². The standard InChI is InChI=1S/C18H23N3/c1-2-21(14-17-7-3-4-10-19-17)13-15-8-9-18-16(12-15)6-5-11-20-18/h3-4,7-10,12,20H,2,5-6,11,13-14H2,1H3. The lowest BCUT2D eigenvalue weighted by atomic mass is 10.0. The summed E-state index contributed by atoms with van der Waals surface area (Å²) in [7, 11) is 0. The normalized spacial score (nSPS) is 13.8. The van der Waals surface area contributed by atoms with Crippen LogP contribution in [0.25, 0.3) is 0 Å². The Hall–Kier alpha value is -1.87. The summed E-state index contributed by atoms with van der Waals surface area (Å²) in [6.07, 6.45) is 4.30. The van der Waals surface area contributed by atoms with E-state index in [9.17, 15) is 0 Å². The summed E-state index contributed by atoms with van der Waals surface area (Å²) in [6.45, 7) is 6.24. The van der Waals surface area contributed by atoms with E-state index in [1.807, 2.05) is 12.3 Å². The van der Waals surface area contributed by atoms with Gasteiger partial charge in [0.15, 0.2) is 0 Å². The van der Waals surface area contributed by atoms with Crippen molar-refractivity contribution in [2.75, 3.05) is 18.4 Å². The third-order valence-corrected chi connectivity index (χ3v) is 4.07. The van der Waals surface area contributed by atoms with Gasteiger partial charge in [-0.1, -0.05) is 25.1 Å². The Morgan fingerprint density at radius 1 is 1.19 bits per heavy atom. The van der Waals surface area contributed by atoms with Gasteiger partial charge in [0.25, 0.3) is 0 Å². The maximum Gasteiger partial charge on any atom is 0.0544 e. The first-order valence-electron chi connectivity index (χ1n) is 7.83. The van der Waals surface area contributed by atoms with Gasteiger partial charge in [-0.2, -0.15) is 0 Å². The summed E-state index contributed by atoms with van der Waals surface area (Å²) < 4.78 is 0. The Labute approximate surface area is 127 Å². The Morgan fingerprint density at radius 3 is 2.95 bits per heavy atom. The molecule has 110 valence electrons. The molecule has 1 aliphatic rings. The van der Waals surface area contributed by atoms with Crippen LogP contribution in [-0.2, 0) is 19.5 Å². The molecule has 0 atom stereocenters. The Morgan fingerprint density at radius 2 is 2.14 bits per heavy atom. The van der Waals surface area contributed by atoms with Crippen molar-refractivity contribution in [2.24, 2.45) is 0 Å². The summed E-state index contributed by atoms with van der Waals surface area (Å²) in [5.74, 6) is 0. The van der Waals surface area contributed by atoms with Gasteiger partial charge in [0.05, 0.1) is 5.69 Å². The number of aryl methyl sites for hydroxylation is 1. The van der Waals surface area contributed by atoms with Crippen LogP contribution in [0.1, 0.15) is 30.2 Å². The molecule has 21 heavy (non-hydrogen) atoms. The number of anilines is 1. The van der Waals surface area contributed by atoms with Gasteiger partial charge >= 0.3 is 0 Å². The Balaban J connectivity index is 1.69. The first-order chi connectivity index (χ1) is 10.3. The fraction of sp³-hybridized carbons (Fsp3) is 0.389. The van der Waals surface area contributed by atoms with Crippen molar-refractivity contribution in [1.82, 2.24) is 9.88 Å². The largest absolute Gasteiger partial charge is 0.385 e. The van der Waals surface area contributed by atoms with Crippen molar-refractivity contribution in [3.05, 3.63) is 59.4 Å². The molecule has 0 saturated heterocycles. The SMILES string of the molecule is CCN(Cc1ccc2c(c1)CCCN2)Cc1ccccn1. The maximum absolute atomic E-state index is 4.43. The summed E-state index contributed by atoms with van der Waals surface area (Å²) >= 11 is 0. The van der Waals surface area contributed by atoms with Gasteiger partial charge in [-0.25, -0.2) is 0 Å². The molecule has 0 radical (unpaired) electrons. The van der Waals surface area contributed by atoms with Crippen LogP contribution in [0.15, 0.2) is 42.6 Å². The highest BCUT2D eigenvalue weighted by Crippen LogP contribution is 2.23. The number of hydrogen-bond acceptors (Lipinski definition) is 3. The molecule has 0 spiro atoms. The molecule has 0 fully saturated rings. The average molecular weight is 281 g/mol. The van der Waals surface area contributed by atoms with Crippen molar-refractivity contribution < 1.29 is 0 Å². The minimum absolute atomic E-state index is 0.909. The molecular weight excluding hydrogens is 258 g/mol. The van der Waals surface area contributed by atoms with Crippen LogP contribution >= 0.6 is 0 Å². The Kier molecular flexibility index (Phi) is 4.51.